The number of nitrogens with one attached hydrogen (secondary N) is 1. The van der Waals surface area contributed by atoms with Crippen LogP contribution < -0.4 is 11.1 Å². The molecule has 0 saturated carbocycles. The number of nitrogen functional groups attached to an aromatic ring is 1. The molecule has 2 aliphatic rings. The van der Waals surface area contributed by atoms with E-state index < -0.39 is 0 Å². The minimum absolute atomic E-state index is 0.0215. The maximum atomic E-state index is 12.0. The zero-order valence-electron chi connectivity index (χ0n) is 25.1. The van der Waals surface area contributed by atoms with Gasteiger partial charge in [-0.15, -0.1) is 0 Å². The first-order valence-corrected chi connectivity index (χ1v) is 15.4. The lowest BCUT2D eigenvalue weighted by molar-refractivity contribution is -0.127. The van der Waals surface area contributed by atoms with Crippen molar-refractivity contribution < 1.29 is 4.79 Å². The Morgan fingerprint density at radius 2 is 1.93 bits per heavy atom. The monoisotopic (exact) mass is 587 g/mol. The molecule has 0 bridgehead atoms. The molecule has 10 nitrogen and oxygen atoms in total. The average Bonchev–Trinajstić information content (AvgIpc) is 3.78. The van der Waals surface area contributed by atoms with Crippen molar-refractivity contribution in [2.75, 3.05) is 18.8 Å². The van der Waals surface area contributed by atoms with Gasteiger partial charge in [0.2, 0.25) is 5.91 Å². The second-order valence-electron chi connectivity index (χ2n) is 12.0. The molecule has 1 aliphatic heterocycles. The predicted molar refractivity (Wildman–Crippen MR) is 172 cm³/mol. The number of imidazole rings is 1. The van der Waals surface area contributed by atoms with Gasteiger partial charge < -0.3 is 16.0 Å². The molecular weight excluding hydrogens is 550 g/mol. The Hall–Kier alpha value is -4.83. The lowest BCUT2D eigenvalue weighted by Crippen LogP contribution is -2.45. The van der Waals surface area contributed by atoms with E-state index in [1.54, 1.807) is 6.20 Å². The van der Waals surface area contributed by atoms with Crippen LogP contribution in [0.3, 0.4) is 0 Å². The SMILES string of the molecule is C=CC(=O)N1CCC(N[C@H]2CCc3cc(-n4c(-c5cccnc5N)nc5ccc(-n6ccc(C(C)C)n6)nc54)ccc32)CC1. The van der Waals surface area contributed by atoms with Gasteiger partial charge >= 0.3 is 0 Å². The summed E-state index contributed by atoms with van der Waals surface area (Å²) in [5, 5.41) is 8.64. The first-order chi connectivity index (χ1) is 21.4. The molecule has 1 atom stereocenters. The number of nitrogens with zero attached hydrogens (tertiary/aromatic N) is 7. The van der Waals surface area contributed by atoms with E-state index in [1.165, 1.54) is 17.2 Å². The number of fused-ring (bicyclic) bond motifs is 2. The highest BCUT2D eigenvalue weighted by molar-refractivity contribution is 5.87. The fraction of sp³-hybridized carbons (Fsp3) is 0.324. The lowest BCUT2D eigenvalue weighted by Gasteiger charge is -2.33. The number of hydrogen-bond acceptors (Lipinski definition) is 7. The number of benzene rings is 1. The maximum absolute atomic E-state index is 12.0. The third kappa shape index (κ3) is 5.05. The normalized spacial score (nSPS) is 17.0. The van der Waals surface area contributed by atoms with Crippen LogP contribution in [0.4, 0.5) is 5.82 Å². The molecule has 1 fully saturated rings. The molecule has 224 valence electrons. The first-order valence-electron chi connectivity index (χ1n) is 15.4. The highest BCUT2D eigenvalue weighted by atomic mass is 16.2. The fourth-order valence-electron chi connectivity index (χ4n) is 6.48. The van der Waals surface area contributed by atoms with E-state index in [2.05, 4.69) is 53.5 Å². The van der Waals surface area contributed by atoms with Gasteiger partial charge in [0.1, 0.15) is 11.3 Å². The first kappa shape index (κ1) is 28.0. The summed E-state index contributed by atoms with van der Waals surface area (Å²) in [4.78, 5) is 28.3. The lowest BCUT2D eigenvalue weighted by atomic mass is 10.0. The number of anilines is 1. The summed E-state index contributed by atoms with van der Waals surface area (Å²) in [5.74, 6) is 2.19. The van der Waals surface area contributed by atoms with Crippen LogP contribution in [-0.2, 0) is 11.2 Å². The Morgan fingerprint density at radius 1 is 1.09 bits per heavy atom. The van der Waals surface area contributed by atoms with Crippen molar-refractivity contribution in [3.63, 3.8) is 0 Å². The van der Waals surface area contributed by atoms with Crippen LogP contribution in [0.2, 0.25) is 0 Å². The Labute approximate surface area is 256 Å². The summed E-state index contributed by atoms with van der Waals surface area (Å²) < 4.78 is 3.91. The van der Waals surface area contributed by atoms with Gasteiger partial charge in [-0.2, -0.15) is 5.10 Å². The van der Waals surface area contributed by atoms with Crippen LogP contribution in [0, 0.1) is 0 Å². The van der Waals surface area contributed by atoms with Gasteiger partial charge in [-0.1, -0.05) is 26.5 Å². The Balaban J connectivity index is 1.24. The van der Waals surface area contributed by atoms with Gasteiger partial charge in [0, 0.05) is 43.3 Å². The molecular formula is C34H37N9O. The van der Waals surface area contributed by atoms with E-state index in [0.29, 0.717) is 29.6 Å². The minimum atomic E-state index is 0.0215. The molecule has 1 saturated heterocycles. The van der Waals surface area contributed by atoms with Crippen molar-refractivity contribution >= 4 is 22.9 Å². The smallest absolute Gasteiger partial charge is 0.245 e. The standard InChI is InChI=1S/C34H37N9O/c1-4-31(44)41-17-13-23(14-18-41)37-28-10-7-22-20-24(8-9-25(22)28)43-33(26-6-5-16-36-32(26)35)38-29-11-12-30(39-34(29)43)42-19-15-27(40-42)21(2)3/h4-6,8-9,11-12,15-16,19-21,23,28,37H,1,7,10,13-14,17-18H2,2-3H3,(H2,35,36)/t28-/m0/s1. The zero-order valence-corrected chi connectivity index (χ0v) is 25.1. The van der Waals surface area contributed by atoms with Gasteiger partial charge in [0.15, 0.2) is 17.3 Å². The molecule has 3 N–H and O–H groups in total. The summed E-state index contributed by atoms with van der Waals surface area (Å²) >= 11 is 0. The van der Waals surface area contributed by atoms with Gasteiger partial charge in [0.25, 0.3) is 0 Å². The van der Waals surface area contributed by atoms with Crippen molar-refractivity contribution in [2.24, 2.45) is 0 Å². The number of carbonyl (C=O) groups is 1. The zero-order chi connectivity index (χ0) is 30.4. The Morgan fingerprint density at radius 3 is 2.68 bits per heavy atom. The van der Waals surface area contributed by atoms with E-state index >= 15 is 0 Å². The molecule has 4 aromatic heterocycles. The molecule has 44 heavy (non-hydrogen) atoms. The van der Waals surface area contributed by atoms with Crippen LogP contribution >= 0.6 is 0 Å². The fourth-order valence-corrected chi connectivity index (χ4v) is 6.48. The summed E-state index contributed by atoms with van der Waals surface area (Å²) in [6.07, 6.45) is 8.97. The topological polar surface area (TPSA) is 120 Å². The number of likely N-dealkylation sites (tertiary alicyclic amines) is 1. The van der Waals surface area contributed by atoms with E-state index in [9.17, 15) is 4.79 Å². The molecule has 7 rings (SSSR count). The van der Waals surface area contributed by atoms with Crippen molar-refractivity contribution in [3.8, 4) is 22.9 Å². The van der Waals surface area contributed by atoms with Crippen LogP contribution in [0.25, 0.3) is 34.1 Å². The number of aryl methyl sites for hydroxylation is 1. The highest BCUT2D eigenvalue weighted by Gasteiger charge is 2.29. The Kier molecular flexibility index (Phi) is 7.21. The van der Waals surface area contributed by atoms with E-state index in [4.69, 9.17) is 20.8 Å². The molecule has 0 radical (unpaired) electrons. The average molecular weight is 588 g/mol. The van der Waals surface area contributed by atoms with Crippen LogP contribution in [-0.4, -0.2) is 59.2 Å². The molecule has 0 unspecified atom stereocenters. The van der Waals surface area contributed by atoms with Gasteiger partial charge in [-0.05, 0) is 91.3 Å². The third-order valence-corrected chi connectivity index (χ3v) is 8.89. The quantitative estimate of drug-likeness (QED) is 0.254. The molecule has 5 heterocycles. The van der Waals surface area contributed by atoms with Crippen molar-refractivity contribution in [3.05, 3.63) is 90.4 Å². The predicted octanol–water partition coefficient (Wildman–Crippen LogP) is 5.13. The molecule has 10 heteroatoms. The summed E-state index contributed by atoms with van der Waals surface area (Å²) in [7, 11) is 0. The second kappa shape index (κ2) is 11.3. The number of rotatable bonds is 7. The summed E-state index contributed by atoms with van der Waals surface area (Å²) in [6, 6.07) is 17.1. The number of pyridine rings is 2. The molecule has 0 spiro atoms. The van der Waals surface area contributed by atoms with Crippen LogP contribution in [0.15, 0.2) is 73.6 Å². The van der Waals surface area contributed by atoms with E-state index in [1.807, 2.05) is 46.1 Å². The molecule has 1 aliphatic carbocycles. The van der Waals surface area contributed by atoms with Crippen LogP contribution in [0.1, 0.15) is 61.9 Å². The summed E-state index contributed by atoms with van der Waals surface area (Å²) in [6.45, 7) is 9.42. The number of amides is 1. The molecule has 1 amide bonds. The number of hydrogen-bond donors (Lipinski definition) is 2. The van der Waals surface area contributed by atoms with Crippen molar-refractivity contribution in [1.82, 2.24) is 39.5 Å². The number of carbonyl (C=O) groups excluding carboxylic acids is 1. The van der Waals surface area contributed by atoms with Crippen LogP contribution in [0.5, 0.6) is 0 Å². The molecule has 1 aromatic carbocycles. The number of piperidine rings is 1. The maximum Gasteiger partial charge on any atom is 0.245 e. The van der Waals surface area contributed by atoms with Crippen molar-refractivity contribution in [1.29, 1.82) is 0 Å². The minimum Gasteiger partial charge on any atom is -0.383 e. The second-order valence-corrected chi connectivity index (χ2v) is 12.0. The third-order valence-electron chi connectivity index (χ3n) is 8.89. The highest BCUT2D eigenvalue weighted by Crippen LogP contribution is 2.36. The van der Waals surface area contributed by atoms with Gasteiger partial charge in [0.05, 0.1) is 11.3 Å². The van der Waals surface area contributed by atoms with Gasteiger partial charge in [-0.25, -0.2) is 19.6 Å². The summed E-state index contributed by atoms with van der Waals surface area (Å²) in [5.41, 5.74) is 13.3. The van der Waals surface area contributed by atoms with Crippen molar-refractivity contribution in [2.45, 2.75) is 57.5 Å². The number of nitrogens with two attached hydrogens (primary N) is 1. The van der Waals surface area contributed by atoms with E-state index in [-0.39, 0.29) is 5.91 Å². The largest absolute Gasteiger partial charge is 0.383 e. The van der Waals surface area contributed by atoms with Gasteiger partial charge in [-0.3, -0.25) is 9.36 Å². The number of aromatic nitrogens is 6. The molecule has 5 aromatic rings. The van der Waals surface area contributed by atoms with E-state index in [0.717, 1.165) is 72.7 Å². The Bertz CT molecular complexity index is 1860.